The molecule has 2 aromatic rings. The molecule has 0 radical (unpaired) electrons. The Morgan fingerprint density at radius 3 is 2.50 bits per heavy atom. The SMILES string of the molecule is CC1(C)CC(=O)C2=C(C1)Nc1ccccc1S[C@@H]2c1ccccc1. The molecule has 3 heteroatoms. The van der Waals surface area contributed by atoms with Gasteiger partial charge in [-0.2, -0.15) is 0 Å². The monoisotopic (exact) mass is 335 g/mol. The van der Waals surface area contributed by atoms with Gasteiger partial charge in [0.2, 0.25) is 0 Å². The molecule has 2 aliphatic rings. The number of ketones is 1. The molecule has 1 aliphatic carbocycles. The average molecular weight is 335 g/mol. The molecule has 0 bridgehead atoms. The highest BCUT2D eigenvalue weighted by atomic mass is 32.2. The van der Waals surface area contributed by atoms with Crippen LogP contribution < -0.4 is 5.32 Å². The second kappa shape index (κ2) is 5.82. The predicted molar refractivity (Wildman–Crippen MR) is 100 cm³/mol. The van der Waals surface area contributed by atoms with E-state index < -0.39 is 0 Å². The van der Waals surface area contributed by atoms with E-state index in [-0.39, 0.29) is 16.4 Å². The molecule has 4 rings (SSSR count). The van der Waals surface area contributed by atoms with E-state index in [2.05, 4.69) is 61.6 Å². The maximum Gasteiger partial charge on any atom is 0.162 e. The van der Waals surface area contributed by atoms with Crippen molar-refractivity contribution in [3.63, 3.8) is 0 Å². The van der Waals surface area contributed by atoms with Crippen molar-refractivity contribution in [2.75, 3.05) is 5.32 Å². The number of rotatable bonds is 1. The van der Waals surface area contributed by atoms with Crippen molar-refractivity contribution in [2.24, 2.45) is 5.41 Å². The summed E-state index contributed by atoms with van der Waals surface area (Å²) in [6.07, 6.45) is 1.53. The molecule has 0 saturated heterocycles. The van der Waals surface area contributed by atoms with E-state index in [9.17, 15) is 4.79 Å². The number of thioether (sulfide) groups is 1. The summed E-state index contributed by atoms with van der Waals surface area (Å²) in [5.74, 6) is 0.280. The van der Waals surface area contributed by atoms with E-state index in [0.717, 1.165) is 23.4 Å². The zero-order valence-corrected chi connectivity index (χ0v) is 14.8. The zero-order valence-electron chi connectivity index (χ0n) is 14.0. The number of hydrogen-bond acceptors (Lipinski definition) is 3. The third-order valence-electron chi connectivity index (χ3n) is 4.70. The van der Waals surface area contributed by atoms with E-state index in [1.165, 1.54) is 10.5 Å². The first-order valence-electron chi connectivity index (χ1n) is 8.37. The van der Waals surface area contributed by atoms with Crippen molar-refractivity contribution in [1.82, 2.24) is 0 Å². The fraction of sp³-hybridized carbons (Fsp3) is 0.286. The van der Waals surface area contributed by atoms with Crippen molar-refractivity contribution in [3.8, 4) is 0 Å². The minimum atomic E-state index is 0.00804. The third kappa shape index (κ3) is 2.78. The molecule has 1 heterocycles. The van der Waals surface area contributed by atoms with Crippen LogP contribution in [0.4, 0.5) is 5.69 Å². The smallest absolute Gasteiger partial charge is 0.162 e. The largest absolute Gasteiger partial charge is 0.358 e. The Bertz CT molecular complexity index is 823. The Morgan fingerprint density at radius 1 is 1.00 bits per heavy atom. The van der Waals surface area contributed by atoms with Crippen LogP contribution >= 0.6 is 11.8 Å². The molecular weight excluding hydrogens is 314 g/mol. The van der Waals surface area contributed by atoms with Gasteiger partial charge in [-0.15, -0.1) is 11.8 Å². The first kappa shape index (κ1) is 15.5. The zero-order chi connectivity index (χ0) is 16.7. The van der Waals surface area contributed by atoms with Crippen molar-refractivity contribution in [2.45, 2.75) is 36.8 Å². The molecule has 1 aliphatic heterocycles. The summed E-state index contributed by atoms with van der Waals surface area (Å²) in [6.45, 7) is 4.36. The van der Waals surface area contributed by atoms with Crippen LogP contribution in [0.2, 0.25) is 0 Å². The van der Waals surface area contributed by atoms with Gasteiger partial charge in [-0.05, 0) is 29.5 Å². The number of anilines is 1. The summed E-state index contributed by atoms with van der Waals surface area (Å²) in [6, 6.07) is 18.7. The second-order valence-electron chi connectivity index (χ2n) is 7.36. The molecule has 0 unspecified atom stereocenters. The van der Waals surface area contributed by atoms with Crippen molar-refractivity contribution in [1.29, 1.82) is 0 Å². The maximum absolute atomic E-state index is 13.0. The number of nitrogens with one attached hydrogen (secondary N) is 1. The summed E-state index contributed by atoms with van der Waals surface area (Å²) in [5, 5.41) is 3.64. The van der Waals surface area contributed by atoms with Gasteiger partial charge in [0.05, 0.1) is 10.9 Å². The Hall–Kier alpha value is -2.00. The van der Waals surface area contributed by atoms with Gasteiger partial charge in [0, 0.05) is 22.6 Å². The lowest BCUT2D eigenvalue weighted by Crippen LogP contribution is -2.29. The Labute approximate surface area is 147 Å². The Balaban J connectivity index is 1.89. The van der Waals surface area contributed by atoms with Crippen LogP contribution in [0.3, 0.4) is 0 Å². The van der Waals surface area contributed by atoms with Gasteiger partial charge in [-0.3, -0.25) is 4.79 Å². The first-order chi connectivity index (χ1) is 11.5. The van der Waals surface area contributed by atoms with Gasteiger partial charge in [-0.1, -0.05) is 56.3 Å². The topological polar surface area (TPSA) is 29.1 Å². The fourth-order valence-electron chi connectivity index (χ4n) is 3.63. The molecule has 0 fully saturated rings. The second-order valence-corrected chi connectivity index (χ2v) is 8.51. The van der Waals surface area contributed by atoms with Crippen molar-refractivity contribution >= 4 is 23.2 Å². The lowest BCUT2D eigenvalue weighted by molar-refractivity contribution is -0.118. The van der Waals surface area contributed by atoms with Gasteiger partial charge < -0.3 is 5.32 Å². The molecule has 2 aromatic carbocycles. The van der Waals surface area contributed by atoms with E-state index in [4.69, 9.17) is 0 Å². The predicted octanol–water partition coefficient (Wildman–Crippen LogP) is 5.59. The summed E-state index contributed by atoms with van der Waals surface area (Å²) in [4.78, 5) is 14.2. The molecule has 1 atom stereocenters. The van der Waals surface area contributed by atoms with Gasteiger partial charge in [-0.25, -0.2) is 0 Å². The molecule has 122 valence electrons. The quantitative estimate of drug-likeness (QED) is 0.736. The Kier molecular flexibility index (Phi) is 3.76. The lowest BCUT2D eigenvalue weighted by atomic mass is 9.74. The van der Waals surface area contributed by atoms with Crippen LogP contribution in [-0.4, -0.2) is 5.78 Å². The summed E-state index contributed by atoms with van der Waals surface area (Å²) < 4.78 is 0. The highest BCUT2D eigenvalue weighted by molar-refractivity contribution is 8.00. The van der Waals surface area contributed by atoms with Crippen LogP contribution in [0.1, 0.15) is 37.5 Å². The van der Waals surface area contributed by atoms with Crippen LogP contribution in [0.25, 0.3) is 0 Å². The van der Waals surface area contributed by atoms with E-state index in [1.54, 1.807) is 11.8 Å². The van der Waals surface area contributed by atoms with Crippen LogP contribution in [0, 0.1) is 5.41 Å². The molecule has 0 saturated carbocycles. The highest BCUT2D eigenvalue weighted by Crippen LogP contribution is 2.51. The van der Waals surface area contributed by atoms with E-state index in [0.29, 0.717) is 6.42 Å². The minimum absolute atomic E-state index is 0.00804. The summed E-state index contributed by atoms with van der Waals surface area (Å²) in [7, 11) is 0. The van der Waals surface area contributed by atoms with Gasteiger partial charge in [0.15, 0.2) is 5.78 Å². The fourth-order valence-corrected chi connectivity index (χ4v) is 4.98. The van der Waals surface area contributed by atoms with E-state index >= 15 is 0 Å². The lowest BCUT2D eigenvalue weighted by Gasteiger charge is -2.33. The van der Waals surface area contributed by atoms with Gasteiger partial charge in [0.1, 0.15) is 0 Å². The van der Waals surface area contributed by atoms with Gasteiger partial charge in [0.25, 0.3) is 0 Å². The van der Waals surface area contributed by atoms with Crippen molar-refractivity contribution < 1.29 is 4.79 Å². The summed E-state index contributed by atoms with van der Waals surface area (Å²) >= 11 is 1.78. The summed E-state index contributed by atoms with van der Waals surface area (Å²) in [5.41, 5.74) is 4.37. The molecule has 24 heavy (non-hydrogen) atoms. The highest BCUT2D eigenvalue weighted by Gasteiger charge is 2.38. The number of hydrogen-bond donors (Lipinski definition) is 1. The maximum atomic E-state index is 13.0. The standard InChI is InChI=1S/C21H21NOS/c1-21(2)12-16-19(17(23)13-21)20(14-8-4-3-5-9-14)24-18-11-7-6-10-15(18)22-16/h3-11,20,22H,12-13H2,1-2H3/t20-/m1/s1. The molecule has 0 amide bonds. The molecule has 1 N–H and O–H groups in total. The Morgan fingerprint density at radius 2 is 1.71 bits per heavy atom. The van der Waals surface area contributed by atoms with Crippen molar-refractivity contribution in [3.05, 3.63) is 71.4 Å². The molecular formula is C21H21NOS. The minimum Gasteiger partial charge on any atom is -0.358 e. The first-order valence-corrected chi connectivity index (χ1v) is 9.25. The number of para-hydroxylation sites is 1. The number of carbonyl (C=O) groups is 1. The van der Waals surface area contributed by atoms with Crippen LogP contribution in [-0.2, 0) is 4.79 Å². The molecule has 0 aromatic heterocycles. The third-order valence-corrected chi connectivity index (χ3v) is 6.06. The molecule has 0 spiro atoms. The average Bonchev–Trinajstić information content (AvgIpc) is 2.70. The van der Waals surface area contributed by atoms with Gasteiger partial charge >= 0.3 is 0 Å². The number of carbonyl (C=O) groups excluding carboxylic acids is 1. The van der Waals surface area contributed by atoms with Crippen LogP contribution in [0.5, 0.6) is 0 Å². The number of fused-ring (bicyclic) bond motifs is 1. The van der Waals surface area contributed by atoms with Crippen LogP contribution in [0.15, 0.2) is 70.8 Å². The van der Waals surface area contributed by atoms with E-state index in [1.807, 2.05) is 12.1 Å². The number of benzene rings is 2. The number of Topliss-reactive ketones (excluding diaryl/α,β-unsaturated/α-hetero) is 1. The number of allylic oxidation sites excluding steroid dienone is 1. The molecule has 2 nitrogen and oxygen atoms in total. The normalized spacial score (nSPS) is 22.2.